The molecule has 262 valence electrons. The number of carbonyl (C=O) groups excluding carboxylic acids is 5. The molecule has 4 aromatic rings. The summed E-state index contributed by atoms with van der Waals surface area (Å²) in [5.74, 6) is -1.49. The second kappa shape index (κ2) is 13.1. The molecule has 5 amide bonds. The van der Waals surface area contributed by atoms with Crippen LogP contribution in [0.5, 0.6) is 11.5 Å². The molecule has 3 aliphatic heterocycles. The Balaban J connectivity index is 1.04. The molecule has 0 saturated carbocycles. The summed E-state index contributed by atoms with van der Waals surface area (Å²) < 4.78 is 13.2. The fourth-order valence-corrected chi connectivity index (χ4v) is 7.28. The highest BCUT2D eigenvalue weighted by molar-refractivity contribution is 6.24. The zero-order valence-electron chi connectivity index (χ0n) is 28.6. The molecular formula is C37H36N6O8. The van der Waals surface area contributed by atoms with Crippen molar-refractivity contribution in [2.45, 2.75) is 32.0 Å². The summed E-state index contributed by atoms with van der Waals surface area (Å²) >= 11 is 0. The molecule has 51 heavy (non-hydrogen) atoms. The zero-order chi connectivity index (χ0) is 36.1. The van der Waals surface area contributed by atoms with Gasteiger partial charge in [0.05, 0.1) is 42.2 Å². The minimum atomic E-state index is -1.07. The van der Waals surface area contributed by atoms with Gasteiger partial charge < -0.3 is 18.9 Å². The van der Waals surface area contributed by atoms with Crippen molar-refractivity contribution >= 4 is 40.3 Å². The third-order valence-corrected chi connectivity index (χ3v) is 9.93. The SMILES string of the molecule is COc1cc(-c2cn(C)c(=O)c3cnccc23)cc(OC)c1CN1CC(C(=O)N(C)Cc2cccc3c2C(=O)N(C2CCC(=O)NC2=O)C3=O)C1. The van der Waals surface area contributed by atoms with E-state index in [1.54, 1.807) is 63.9 Å². The molecule has 0 radical (unpaired) electrons. The van der Waals surface area contributed by atoms with Crippen molar-refractivity contribution in [2.75, 3.05) is 34.4 Å². The van der Waals surface area contributed by atoms with E-state index in [-0.39, 0.29) is 47.9 Å². The first-order chi connectivity index (χ1) is 24.5. The minimum absolute atomic E-state index is 0.0313. The van der Waals surface area contributed by atoms with Gasteiger partial charge >= 0.3 is 0 Å². The molecule has 2 saturated heterocycles. The number of rotatable bonds is 9. The van der Waals surface area contributed by atoms with E-state index in [0.717, 1.165) is 27.0 Å². The van der Waals surface area contributed by atoms with Gasteiger partial charge in [-0.2, -0.15) is 0 Å². The number of piperidine rings is 1. The molecule has 14 heteroatoms. The Morgan fingerprint density at radius 2 is 1.71 bits per heavy atom. The summed E-state index contributed by atoms with van der Waals surface area (Å²) in [6.07, 6.45) is 5.09. The quantitative estimate of drug-likeness (QED) is 0.258. The Morgan fingerprint density at radius 3 is 2.39 bits per heavy atom. The predicted octanol–water partition coefficient (Wildman–Crippen LogP) is 2.11. The van der Waals surface area contributed by atoms with Gasteiger partial charge in [0.25, 0.3) is 17.4 Å². The number of benzene rings is 2. The number of aromatic nitrogens is 2. The summed E-state index contributed by atoms with van der Waals surface area (Å²) in [4.78, 5) is 85.9. The van der Waals surface area contributed by atoms with Gasteiger partial charge in [0, 0.05) is 70.8 Å². The highest BCUT2D eigenvalue weighted by atomic mass is 16.5. The smallest absolute Gasteiger partial charge is 0.262 e. The molecule has 0 spiro atoms. The lowest BCUT2D eigenvalue weighted by atomic mass is 9.95. The monoisotopic (exact) mass is 692 g/mol. The summed E-state index contributed by atoms with van der Waals surface area (Å²) in [6.45, 7) is 1.54. The van der Waals surface area contributed by atoms with E-state index < -0.39 is 29.7 Å². The van der Waals surface area contributed by atoms with Crippen LogP contribution in [0.4, 0.5) is 0 Å². The van der Waals surface area contributed by atoms with Crippen LogP contribution in [0.3, 0.4) is 0 Å². The number of nitrogens with one attached hydrogen (secondary N) is 1. The minimum Gasteiger partial charge on any atom is -0.496 e. The van der Waals surface area contributed by atoms with Crippen LogP contribution in [0.2, 0.25) is 0 Å². The van der Waals surface area contributed by atoms with Crippen LogP contribution in [-0.2, 0) is 34.5 Å². The molecule has 1 unspecified atom stereocenters. The van der Waals surface area contributed by atoms with E-state index in [1.165, 1.54) is 10.6 Å². The second-order valence-electron chi connectivity index (χ2n) is 13.1. The van der Waals surface area contributed by atoms with Crippen LogP contribution < -0.4 is 20.3 Å². The van der Waals surface area contributed by atoms with Gasteiger partial charge in [-0.25, -0.2) is 0 Å². The molecular weight excluding hydrogens is 656 g/mol. The average molecular weight is 693 g/mol. The number of amides is 5. The van der Waals surface area contributed by atoms with Gasteiger partial charge in [-0.15, -0.1) is 0 Å². The largest absolute Gasteiger partial charge is 0.496 e. The van der Waals surface area contributed by atoms with Crippen molar-refractivity contribution in [2.24, 2.45) is 13.0 Å². The summed E-state index contributed by atoms with van der Waals surface area (Å²) in [5.41, 5.74) is 3.17. The lowest BCUT2D eigenvalue weighted by Gasteiger charge is -2.40. The molecule has 2 aromatic carbocycles. The molecule has 1 atom stereocenters. The average Bonchev–Trinajstić information content (AvgIpc) is 3.36. The number of fused-ring (bicyclic) bond motifs is 2. The summed E-state index contributed by atoms with van der Waals surface area (Å²) in [7, 11) is 6.54. The number of methoxy groups -OCH3 is 2. The van der Waals surface area contributed by atoms with Gasteiger partial charge in [0.15, 0.2) is 0 Å². The number of pyridine rings is 2. The molecule has 5 heterocycles. The van der Waals surface area contributed by atoms with Gasteiger partial charge in [-0.05, 0) is 47.2 Å². The van der Waals surface area contributed by atoms with E-state index in [9.17, 15) is 28.8 Å². The normalized spacial score (nSPS) is 17.7. The number of hydrogen-bond acceptors (Lipinski definition) is 10. The Hall–Kier alpha value is -5.89. The Labute approximate surface area is 292 Å². The van der Waals surface area contributed by atoms with E-state index in [2.05, 4.69) is 15.2 Å². The van der Waals surface area contributed by atoms with Crippen LogP contribution in [0.25, 0.3) is 21.9 Å². The van der Waals surface area contributed by atoms with Gasteiger partial charge in [0.1, 0.15) is 17.5 Å². The molecule has 0 bridgehead atoms. The number of ether oxygens (including phenoxy) is 2. The third-order valence-electron chi connectivity index (χ3n) is 9.93. The number of imide groups is 2. The maximum absolute atomic E-state index is 13.5. The fourth-order valence-electron chi connectivity index (χ4n) is 7.28. The standard InChI is InChI=1S/C37H36N6O8/c1-40(15-20-6-5-7-24-32(20)37(49)43(36(24)48)28-8-9-31(44)39-33(28)45)34(46)22-16-42(17-22)19-27-29(50-3)12-21(13-30(27)51-4)26-18-41(2)35(47)25-14-38-11-10-23(25)26/h5-7,10-14,18,22,28H,8-9,15-17,19H2,1-4H3,(H,39,44,45). The Bertz CT molecular complexity index is 2180. The van der Waals surface area contributed by atoms with E-state index in [1.807, 2.05) is 18.2 Å². The van der Waals surface area contributed by atoms with Crippen molar-refractivity contribution in [3.8, 4) is 22.6 Å². The molecule has 14 nitrogen and oxygen atoms in total. The van der Waals surface area contributed by atoms with Crippen molar-refractivity contribution in [3.05, 3.63) is 87.6 Å². The number of aryl methyl sites for hydroxylation is 1. The number of likely N-dealkylation sites (tertiary alicyclic amines) is 1. The van der Waals surface area contributed by atoms with E-state index >= 15 is 0 Å². The van der Waals surface area contributed by atoms with Crippen LogP contribution in [0, 0.1) is 5.92 Å². The number of hydrogen-bond donors (Lipinski definition) is 1. The maximum Gasteiger partial charge on any atom is 0.262 e. The van der Waals surface area contributed by atoms with Gasteiger partial charge in [-0.3, -0.25) is 48.9 Å². The van der Waals surface area contributed by atoms with Gasteiger partial charge in [0.2, 0.25) is 17.7 Å². The molecule has 2 aromatic heterocycles. The molecule has 7 rings (SSSR count). The van der Waals surface area contributed by atoms with E-state index in [0.29, 0.717) is 42.1 Å². The molecule has 1 N–H and O–H groups in total. The number of carbonyl (C=O) groups is 5. The van der Waals surface area contributed by atoms with E-state index in [4.69, 9.17) is 9.47 Å². The lowest BCUT2D eigenvalue weighted by Crippen LogP contribution is -2.54. The fraction of sp³-hybridized carbons (Fsp3) is 0.324. The van der Waals surface area contributed by atoms with Crippen molar-refractivity contribution in [1.29, 1.82) is 0 Å². The van der Waals surface area contributed by atoms with Crippen LogP contribution in [0.15, 0.2) is 59.8 Å². The first kappa shape index (κ1) is 33.6. The van der Waals surface area contributed by atoms with Crippen LogP contribution >= 0.6 is 0 Å². The summed E-state index contributed by atoms with van der Waals surface area (Å²) in [5, 5.41) is 3.48. The molecule has 0 aliphatic carbocycles. The maximum atomic E-state index is 13.5. The van der Waals surface area contributed by atoms with Crippen molar-refractivity contribution in [1.82, 2.24) is 29.6 Å². The third kappa shape index (κ3) is 5.80. The Morgan fingerprint density at radius 1 is 0.980 bits per heavy atom. The zero-order valence-corrected chi connectivity index (χ0v) is 28.6. The summed E-state index contributed by atoms with van der Waals surface area (Å²) in [6, 6.07) is 9.47. The Kier molecular flexibility index (Phi) is 8.63. The van der Waals surface area contributed by atoms with Crippen LogP contribution in [-0.4, -0.2) is 94.2 Å². The first-order valence-electron chi connectivity index (χ1n) is 16.5. The van der Waals surface area contributed by atoms with Crippen molar-refractivity contribution in [3.63, 3.8) is 0 Å². The molecule has 2 fully saturated rings. The highest BCUT2D eigenvalue weighted by Crippen LogP contribution is 2.39. The van der Waals surface area contributed by atoms with Crippen LogP contribution in [0.1, 0.15) is 44.7 Å². The van der Waals surface area contributed by atoms with Gasteiger partial charge in [-0.1, -0.05) is 12.1 Å². The predicted molar refractivity (Wildman–Crippen MR) is 184 cm³/mol. The number of nitrogens with zero attached hydrogens (tertiary/aromatic N) is 5. The molecule has 3 aliphatic rings. The lowest BCUT2D eigenvalue weighted by molar-refractivity contribution is -0.140. The highest BCUT2D eigenvalue weighted by Gasteiger charge is 2.46. The van der Waals surface area contributed by atoms with Crippen molar-refractivity contribution < 1.29 is 33.4 Å². The first-order valence-corrected chi connectivity index (χ1v) is 16.5. The topological polar surface area (TPSA) is 160 Å². The second-order valence-corrected chi connectivity index (χ2v) is 13.1.